The lowest BCUT2D eigenvalue weighted by molar-refractivity contribution is 0.164. The zero-order valence-electron chi connectivity index (χ0n) is 10.3. The van der Waals surface area contributed by atoms with Crippen LogP contribution in [0, 0.1) is 0 Å². The van der Waals surface area contributed by atoms with Crippen LogP contribution in [-0.4, -0.2) is 18.8 Å². The van der Waals surface area contributed by atoms with E-state index in [1.807, 2.05) is 12.1 Å². The summed E-state index contributed by atoms with van der Waals surface area (Å²) in [5.41, 5.74) is 2.28. The Morgan fingerprint density at radius 2 is 1.94 bits per heavy atom. The quantitative estimate of drug-likeness (QED) is 0.768. The minimum absolute atomic E-state index is 0.309. The first kappa shape index (κ1) is 13.2. The first-order valence-corrected chi connectivity index (χ1v) is 6.03. The van der Waals surface area contributed by atoms with Gasteiger partial charge in [0.05, 0.1) is 12.7 Å². The number of methoxy groups -OCH3 is 1. The van der Waals surface area contributed by atoms with Crippen molar-refractivity contribution in [3.63, 3.8) is 0 Å². The van der Waals surface area contributed by atoms with Crippen LogP contribution in [-0.2, 0) is 11.2 Å². The molecule has 2 nitrogen and oxygen atoms in total. The van der Waals surface area contributed by atoms with E-state index in [-0.39, 0.29) is 6.10 Å². The van der Waals surface area contributed by atoms with Gasteiger partial charge in [0.2, 0.25) is 0 Å². The van der Waals surface area contributed by atoms with Crippen molar-refractivity contribution in [2.75, 3.05) is 13.7 Å². The van der Waals surface area contributed by atoms with Crippen molar-refractivity contribution in [1.82, 2.24) is 0 Å². The maximum Gasteiger partial charge on any atom is 0.0790 e. The predicted octanol–water partition coefficient (Wildman–Crippen LogP) is 3.10. The van der Waals surface area contributed by atoms with Gasteiger partial charge in [0, 0.05) is 7.11 Å². The van der Waals surface area contributed by atoms with E-state index in [4.69, 9.17) is 4.74 Å². The van der Waals surface area contributed by atoms with E-state index in [9.17, 15) is 5.11 Å². The Bertz CT molecular complexity index is 279. The molecule has 0 aromatic heterocycles. The van der Waals surface area contributed by atoms with Crippen LogP contribution in [0.2, 0.25) is 0 Å². The molecule has 0 saturated heterocycles. The Morgan fingerprint density at radius 3 is 2.50 bits per heavy atom. The van der Waals surface area contributed by atoms with Crippen LogP contribution in [0.4, 0.5) is 0 Å². The van der Waals surface area contributed by atoms with E-state index >= 15 is 0 Å². The summed E-state index contributed by atoms with van der Waals surface area (Å²) in [5.74, 6) is 0. The number of benzene rings is 1. The number of ether oxygens (including phenoxy) is 1. The van der Waals surface area contributed by atoms with Gasteiger partial charge < -0.3 is 9.84 Å². The molecular weight excluding hydrogens is 200 g/mol. The molecule has 1 aromatic carbocycles. The Hall–Kier alpha value is -0.860. The van der Waals surface area contributed by atoms with Gasteiger partial charge >= 0.3 is 0 Å². The molecular formula is C14H22O2. The lowest BCUT2D eigenvalue weighted by Crippen LogP contribution is -1.99. The predicted molar refractivity (Wildman–Crippen MR) is 66.5 cm³/mol. The molecule has 0 saturated carbocycles. The maximum atomic E-state index is 9.89. The fourth-order valence-electron chi connectivity index (χ4n) is 1.69. The SMILES string of the molecule is CCCCC(O)c1ccc(CCOC)cc1. The van der Waals surface area contributed by atoms with Crippen LogP contribution >= 0.6 is 0 Å². The molecule has 1 rings (SSSR count). The van der Waals surface area contributed by atoms with Crippen molar-refractivity contribution in [1.29, 1.82) is 0 Å². The molecule has 0 fully saturated rings. The highest BCUT2D eigenvalue weighted by Crippen LogP contribution is 2.19. The monoisotopic (exact) mass is 222 g/mol. The Morgan fingerprint density at radius 1 is 1.25 bits per heavy atom. The lowest BCUT2D eigenvalue weighted by atomic mass is 10.0. The second kappa shape index (κ2) is 7.42. The average molecular weight is 222 g/mol. The van der Waals surface area contributed by atoms with Crippen LogP contribution in [0.1, 0.15) is 43.4 Å². The molecule has 1 atom stereocenters. The third-order valence-electron chi connectivity index (χ3n) is 2.79. The van der Waals surface area contributed by atoms with Gasteiger partial charge in [-0.3, -0.25) is 0 Å². The molecule has 0 radical (unpaired) electrons. The smallest absolute Gasteiger partial charge is 0.0790 e. The number of aliphatic hydroxyl groups excluding tert-OH is 1. The van der Waals surface area contributed by atoms with Gasteiger partial charge in [-0.1, -0.05) is 44.0 Å². The van der Waals surface area contributed by atoms with Crippen LogP contribution in [0.3, 0.4) is 0 Å². The fraction of sp³-hybridized carbons (Fsp3) is 0.571. The molecule has 1 unspecified atom stereocenters. The minimum Gasteiger partial charge on any atom is -0.388 e. The Labute approximate surface area is 98.3 Å². The summed E-state index contributed by atoms with van der Waals surface area (Å²) in [5, 5.41) is 9.89. The Balaban J connectivity index is 2.49. The number of unbranched alkanes of at least 4 members (excludes halogenated alkanes) is 1. The van der Waals surface area contributed by atoms with E-state index in [1.54, 1.807) is 7.11 Å². The van der Waals surface area contributed by atoms with Gasteiger partial charge in [-0.25, -0.2) is 0 Å². The molecule has 0 heterocycles. The standard InChI is InChI=1S/C14H22O2/c1-3-4-5-14(15)13-8-6-12(7-9-13)10-11-16-2/h6-9,14-15H,3-5,10-11H2,1-2H3. The second-order valence-corrected chi connectivity index (χ2v) is 4.14. The molecule has 16 heavy (non-hydrogen) atoms. The highest BCUT2D eigenvalue weighted by atomic mass is 16.5. The average Bonchev–Trinajstić information content (AvgIpc) is 2.34. The third-order valence-corrected chi connectivity index (χ3v) is 2.79. The maximum absolute atomic E-state index is 9.89. The zero-order valence-corrected chi connectivity index (χ0v) is 10.3. The van der Waals surface area contributed by atoms with Crippen molar-refractivity contribution in [2.45, 2.75) is 38.7 Å². The number of hydrogen-bond acceptors (Lipinski definition) is 2. The number of rotatable bonds is 7. The van der Waals surface area contributed by atoms with Gasteiger partial charge in [0.1, 0.15) is 0 Å². The molecule has 2 heteroatoms. The largest absolute Gasteiger partial charge is 0.388 e. The molecule has 0 aliphatic rings. The van der Waals surface area contributed by atoms with Gasteiger partial charge in [-0.15, -0.1) is 0 Å². The number of hydrogen-bond donors (Lipinski definition) is 1. The molecule has 0 aliphatic carbocycles. The van der Waals surface area contributed by atoms with E-state index in [0.717, 1.165) is 37.9 Å². The fourth-order valence-corrected chi connectivity index (χ4v) is 1.69. The van der Waals surface area contributed by atoms with Crippen LogP contribution in [0.25, 0.3) is 0 Å². The minimum atomic E-state index is -0.309. The summed E-state index contributed by atoms with van der Waals surface area (Å²) < 4.78 is 5.03. The summed E-state index contributed by atoms with van der Waals surface area (Å²) in [7, 11) is 1.71. The summed E-state index contributed by atoms with van der Waals surface area (Å²) >= 11 is 0. The number of aliphatic hydroxyl groups is 1. The molecule has 0 aliphatic heterocycles. The molecule has 90 valence electrons. The van der Waals surface area contributed by atoms with E-state index in [0.29, 0.717) is 0 Å². The molecule has 1 aromatic rings. The molecule has 0 amide bonds. The van der Waals surface area contributed by atoms with Crippen molar-refractivity contribution >= 4 is 0 Å². The summed E-state index contributed by atoms with van der Waals surface area (Å²) in [6, 6.07) is 8.18. The second-order valence-electron chi connectivity index (χ2n) is 4.14. The van der Waals surface area contributed by atoms with Crippen LogP contribution in [0.15, 0.2) is 24.3 Å². The lowest BCUT2D eigenvalue weighted by Gasteiger charge is -2.10. The van der Waals surface area contributed by atoms with Crippen molar-refractivity contribution < 1.29 is 9.84 Å². The molecule has 0 spiro atoms. The Kier molecular flexibility index (Phi) is 6.12. The van der Waals surface area contributed by atoms with Crippen molar-refractivity contribution in [3.05, 3.63) is 35.4 Å². The first-order chi connectivity index (χ1) is 7.77. The zero-order chi connectivity index (χ0) is 11.8. The van der Waals surface area contributed by atoms with Gasteiger partial charge in [-0.2, -0.15) is 0 Å². The first-order valence-electron chi connectivity index (χ1n) is 6.03. The van der Waals surface area contributed by atoms with E-state index < -0.39 is 0 Å². The highest BCUT2D eigenvalue weighted by molar-refractivity contribution is 5.24. The van der Waals surface area contributed by atoms with Gasteiger partial charge in [0.25, 0.3) is 0 Å². The van der Waals surface area contributed by atoms with E-state index in [2.05, 4.69) is 19.1 Å². The van der Waals surface area contributed by atoms with Crippen LogP contribution < -0.4 is 0 Å². The van der Waals surface area contributed by atoms with Crippen molar-refractivity contribution in [2.24, 2.45) is 0 Å². The highest BCUT2D eigenvalue weighted by Gasteiger charge is 2.06. The molecule has 0 bridgehead atoms. The van der Waals surface area contributed by atoms with Gasteiger partial charge in [-0.05, 0) is 24.0 Å². The van der Waals surface area contributed by atoms with Crippen LogP contribution in [0.5, 0.6) is 0 Å². The molecule has 1 N–H and O–H groups in total. The third kappa shape index (κ3) is 4.33. The van der Waals surface area contributed by atoms with E-state index in [1.165, 1.54) is 5.56 Å². The summed E-state index contributed by atoms with van der Waals surface area (Å²) in [4.78, 5) is 0. The van der Waals surface area contributed by atoms with Crippen molar-refractivity contribution in [3.8, 4) is 0 Å². The summed E-state index contributed by atoms with van der Waals surface area (Å²) in [6.45, 7) is 2.89. The summed E-state index contributed by atoms with van der Waals surface area (Å²) in [6.07, 6.45) is 3.68. The normalized spacial score (nSPS) is 12.7. The topological polar surface area (TPSA) is 29.5 Å². The van der Waals surface area contributed by atoms with Gasteiger partial charge in [0.15, 0.2) is 0 Å².